The number of hydrogen-bond donors (Lipinski definition) is 1. The van der Waals surface area contributed by atoms with Crippen molar-refractivity contribution in [3.8, 4) is 0 Å². The lowest BCUT2D eigenvalue weighted by Gasteiger charge is -2.12. The van der Waals surface area contributed by atoms with Crippen LogP contribution in [0, 0.1) is 13.8 Å². The van der Waals surface area contributed by atoms with Crippen molar-refractivity contribution in [3.63, 3.8) is 0 Å². The number of hydrogen-bond acceptors (Lipinski definition) is 3. The largest absolute Gasteiger partial charge is 0.466 e. The molecule has 0 bridgehead atoms. The van der Waals surface area contributed by atoms with Crippen LogP contribution < -0.4 is 5.32 Å². The minimum absolute atomic E-state index is 0.127. The molecule has 0 amide bonds. The Labute approximate surface area is 108 Å². The Bertz CT molecular complexity index is 469. The second-order valence-corrected chi connectivity index (χ2v) is 5.88. The third kappa shape index (κ3) is 2.10. The first kappa shape index (κ1) is 11.9. The van der Waals surface area contributed by atoms with Crippen molar-refractivity contribution in [2.75, 3.05) is 7.05 Å². The quantitative estimate of drug-likeness (QED) is 0.926. The van der Waals surface area contributed by atoms with Gasteiger partial charge in [-0.2, -0.15) is 0 Å². The van der Waals surface area contributed by atoms with Crippen molar-refractivity contribution in [1.29, 1.82) is 0 Å². The summed E-state index contributed by atoms with van der Waals surface area (Å²) in [4.78, 5) is 2.64. The molecule has 0 aliphatic carbocycles. The van der Waals surface area contributed by atoms with Crippen LogP contribution in [0.2, 0.25) is 0 Å². The molecule has 2 nitrogen and oxygen atoms in total. The molecule has 2 aromatic rings. The minimum atomic E-state index is 0.127. The van der Waals surface area contributed by atoms with E-state index in [9.17, 15) is 0 Å². The Morgan fingerprint density at radius 1 is 1.44 bits per heavy atom. The number of thiophene rings is 1. The molecule has 0 aromatic carbocycles. The highest BCUT2D eigenvalue weighted by Crippen LogP contribution is 2.34. The maximum Gasteiger partial charge on any atom is 0.140 e. The number of furan rings is 1. The Morgan fingerprint density at radius 3 is 2.62 bits per heavy atom. The van der Waals surface area contributed by atoms with E-state index in [0.717, 1.165) is 10.2 Å². The lowest BCUT2D eigenvalue weighted by atomic mass is 10.1. The molecule has 0 saturated carbocycles. The summed E-state index contributed by atoms with van der Waals surface area (Å²) in [7, 11) is 1.95. The summed E-state index contributed by atoms with van der Waals surface area (Å²) in [5.41, 5.74) is 1.34. The van der Waals surface area contributed by atoms with Gasteiger partial charge in [0.1, 0.15) is 11.8 Å². The van der Waals surface area contributed by atoms with E-state index in [4.69, 9.17) is 4.42 Å². The van der Waals surface area contributed by atoms with E-state index >= 15 is 0 Å². The molecule has 4 heteroatoms. The Balaban J connectivity index is 2.40. The van der Waals surface area contributed by atoms with Gasteiger partial charge in [0, 0.05) is 9.75 Å². The van der Waals surface area contributed by atoms with Crippen LogP contribution in [0.15, 0.2) is 27.3 Å². The van der Waals surface area contributed by atoms with Gasteiger partial charge in [0.2, 0.25) is 0 Å². The third-order valence-corrected chi connectivity index (χ3v) is 4.54. The molecular weight excluding hydrogens is 286 g/mol. The SMILES string of the molecule is CNC(c1cc(C)c(C)s1)c1occc1Br. The number of aryl methyl sites for hydroxylation is 2. The van der Waals surface area contributed by atoms with E-state index in [-0.39, 0.29) is 6.04 Å². The Kier molecular flexibility index (Phi) is 3.52. The molecule has 1 N–H and O–H groups in total. The summed E-state index contributed by atoms with van der Waals surface area (Å²) in [6, 6.07) is 4.27. The predicted octanol–water partition coefficient (Wildman–Crippen LogP) is 4.03. The van der Waals surface area contributed by atoms with Crippen molar-refractivity contribution in [3.05, 3.63) is 43.9 Å². The highest BCUT2D eigenvalue weighted by molar-refractivity contribution is 9.10. The second-order valence-electron chi connectivity index (χ2n) is 3.74. The standard InChI is InChI=1S/C12H14BrNOS/c1-7-6-10(16-8(7)2)11(14-3)12-9(13)4-5-15-12/h4-6,11,14H,1-3H3. The van der Waals surface area contributed by atoms with Gasteiger partial charge in [-0.15, -0.1) is 11.3 Å². The fraction of sp³-hybridized carbons (Fsp3) is 0.333. The van der Waals surface area contributed by atoms with Gasteiger partial charge in [0.15, 0.2) is 0 Å². The van der Waals surface area contributed by atoms with Crippen LogP contribution in [0.1, 0.15) is 27.1 Å². The molecule has 2 rings (SSSR count). The molecule has 2 aromatic heterocycles. The van der Waals surface area contributed by atoms with Crippen LogP contribution in [-0.2, 0) is 0 Å². The Morgan fingerprint density at radius 2 is 2.19 bits per heavy atom. The molecule has 1 atom stereocenters. The number of rotatable bonds is 3. The molecule has 86 valence electrons. The van der Waals surface area contributed by atoms with Gasteiger partial charge in [0.25, 0.3) is 0 Å². The van der Waals surface area contributed by atoms with Gasteiger partial charge < -0.3 is 9.73 Å². The van der Waals surface area contributed by atoms with Crippen molar-refractivity contribution in [1.82, 2.24) is 5.32 Å². The molecule has 1 unspecified atom stereocenters. The van der Waals surface area contributed by atoms with E-state index in [2.05, 4.69) is 41.2 Å². The van der Waals surface area contributed by atoms with Crippen molar-refractivity contribution in [2.45, 2.75) is 19.9 Å². The molecule has 0 saturated heterocycles. The lowest BCUT2D eigenvalue weighted by Crippen LogP contribution is -2.16. The summed E-state index contributed by atoms with van der Waals surface area (Å²) in [5.74, 6) is 0.934. The van der Waals surface area contributed by atoms with Gasteiger partial charge in [-0.05, 0) is 54.5 Å². The van der Waals surface area contributed by atoms with Crippen LogP contribution in [0.5, 0.6) is 0 Å². The maximum atomic E-state index is 5.52. The van der Waals surface area contributed by atoms with Gasteiger partial charge in [-0.3, -0.25) is 0 Å². The summed E-state index contributed by atoms with van der Waals surface area (Å²) in [6.07, 6.45) is 1.71. The van der Waals surface area contributed by atoms with E-state index in [1.165, 1.54) is 15.3 Å². The van der Waals surface area contributed by atoms with Crippen LogP contribution in [0.3, 0.4) is 0 Å². The number of halogens is 1. The van der Waals surface area contributed by atoms with Crippen LogP contribution in [-0.4, -0.2) is 7.05 Å². The van der Waals surface area contributed by atoms with Crippen molar-refractivity contribution >= 4 is 27.3 Å². The van der Waals surface area contributed by atoms with Gasteiger partial charge >= 0.3 is 0 Å². The molecule has 0 radical (unpaired) electrons. The monoisotopic (exact) mass is 299 g/mol. The molecule has 0 fully saturated rings. The molecule has 0 aliphatic heterocycles. The highest BCUT2D eigenvalue weighted by atomic mass is 79.9. The maximum absolute atomic E-state index is 5.52. The molecule has 0 aliphatic rings. The van der Waals surface area contributed by atoms with Gasteiger partial charge in [-0.1, -0.05) is 0 Å². The fourth-order valence-electron chi connectivity index (χ4n) is 1.66. The smallest absolute Gasteiger partial charge is 0.140 e. The van der Waals surface area contributed by atoms with Crippen molar-refractivity contribution in [2.24, 2.45) is 0 Å². The normalized spacial score (nSPS) is 13.0. The average molecular weight is 300 g/mol. The average Bonchev–Trinajstić information content (AvgIpc) is 2.78. The first-order chi connectivity index (χ1) is 7.63. The zero-order valence-corrected chi connectivity index (χ0v) is 11.9. The summed E-state index contributed by atoms with van der Waals surface area (Å²) >= 11 is 5.31. The summed E-state index contributed by atoms with van der Waals surface area (Å²) in [5, 5.41) is 3.29. The topological polar surface area (TPSA) is 25.2 Å². The lowest BCUT2D eigenvalue weighted by molar-refractivity contribution is 0.464. The van der Waals surface area contributed by atoms with Crippen LogP contribution in [0.4, 0.5) is 0 Å². The summed E-state index contributed by atoms with van der Waals surface area (Å²) < 4.78 is 6.53. The van der Waals surface area contributed by atoms with Crippen molar-refractivity contribution < 1.29 is 4.42 Å². The van der Waals surface area contributed by atoms with Crippen LogP contribution in [0.25, 0.3) is 0 Å². The zero-order chi connectivity index (χ0) is 11.7. The minimum Gasteiger partial charge on any atom is -0.466 e. The second kappa shape index (κ2) is 4.73. The van der Waals surface area contributed by atoms with E-state index in [0.29, 0.717) is 0 Å². The molecule has 2 heterocycles. The first-order valence-electron chi connectivity index (χ1n) is 5.10. The Hall–Kier alpha value is -0.580. The molecule has 0 spiro atoms. The fourth-order valence-corrected chi connectivity index (χ4v) is 3.24. The van der Waals surface area contributed by atoms with E-state index < -0.39 is 0 Å². The van der Waals surface area contributed by atoms with E-state index in [1.807, 2.05) is 24.5 Å². The molecule has 16 heavy (non-hydrogen) atoms. The highest BCUT2D eigenvalue weighted by Gasteiger charge is 2.20. The first-order valence-corrected chi connectivity index (χ1v) is 6.71. The van der Waals surface area contributed by atoms with Gasteiger partial charge in [-0.25, -0.2) is 0 Å². The number of nitrogens with one attached hydrogen (secondary N) is 1. The molecular formula is C12H14BrNOS. The predicted molar refractivity (Wildman–Crippen MR) is 71.1 cm³/mol. The summed E-state index contributed by atoms with van der Waals surface area (Å²) in [6.45, 7) is 4.28. The van der Waals surface area contributed by atoms with Gasteiger partial charge in [0.05, 0.1) is 10.7 Å². The third-order valence-electron chi connectivity index (χ3n) is 2.67. The van der Waals surface area contributed by atoms with Crippen LogP contribution >= 0.6 is 27.3 Å². The zero-order valence-electron chi connectivity index (χ0n) is 9.50. The van der Waals surface area contributed by atoms with E-state index in [1.54, 1.807) is 6.26 Å².